The van der Waals surface area contributed by atoms with Crippen molar-refractivity contribution >= 4 is 11.7 Å². The molecule has 0 aromatic heterocycles. The van der Waals surface area contributed by atoms with Crippen molar-refractivity contribution in [1.29, 1.82) is 5.41 Å². The first kappa shape index (κ1) is 9.49. The maximum absolute atomic E-state index is 11.3. The lowest BCUT2D eigenvalue weighted by molar-refractivity contribution is -0.121. The summed E-state index contributed by atoms with van der Waals surface area (Å²) in [6.45, 7) is 1.67. The van der Waals surface area contributed by atoms with E-state index in [1.54, 1.807) is 0 Å². The van der Waals surface area contributed by atoms with Crippen molar-refractivity contribution in [3.63, 3.8) is 0 Å². The first-order valence-electron chi connectivity index (χ1n) is 5.37. The van der Waals surface area contributed by atoms with E-state index in [2.05, 4.69) is 5.32 Å². The van der Waals surface area contributed by atoms with Gasteiger partial charge in [0.2, 0.25) is 5.91 Å². The Bertz CT molecular complexity index is 248. The van der Waals surface area contributed by atoms with Crippen LogP contribution in [0.15, 0.2) is 0 Å². The molecule has 2 rings (SSSR count). The number of amidine groups is 1. The molecular weight excluding hydrogens is 178 g/mol. The number of carbonyl (C=O) groups is 1. The predicted molar refractivity (Wildman–Crippen MR) is 54.3 cm³/mol. The van der Waals surface area contributed by atoms with Gasteiger partial charge in [-0.05, 0) is 19.3 Å². The summed E-state index contributed by atoms with van der Waals surface area (Å²) in [5.41, 5.74) is 0. The second-order valence-corrected chi connectivity index (χ2v) is 4.13. The van der Waals surface area contributed by atoms with Crippen molar-refractivity contribution < 1.29 is 4.79 Å². The molecule has 14 heavy (non-hydrogen) atoms. The molecule has 2 aliphatic rings. The topological polar surface area (TPSA) is 56.2 Å². The van der Waals surface area contributed by atoms with Crippen molar-refractivity contribution in [3.8, 4) is 0 Å². The standard InChI is InChI=1S/C10H17N3O/c11-9-2-1-6-13(9)7-5-10(14)12-8-3-4-8/h8,11H,1-7H2,(H,12,14). The van der Waals surface area contributed by atoms with Crippen molar-refractivity contribution in [3.05, 3.63) is 0 Å². The van der Waals surface area contributed by atoms with Gasteiger partial charge in [-0.25, -0.2) is 0 Å². The van der Waals surface area contributed by atoms with Crippen LogP contribution in [0.25, 0.3) is 0 Å². The Labute approximate surface area is 84.2 Å². The van der Waals surface area contributed by atoms with Gasteiger partial charge >= 0.3 is 0 Å². The summed E-state index contributed by atoms with van der Waals surface area (Å²) >= 11 is 0. The first-order valence-corrected chi connectivity index (χ1v) is 5.37. The molecular formula is C10H17N3O. The van der Waals surface area contributed by atoms with Crippen molar-refractivity contribution in [1.82, 2.24) is 10.2 Å². The van der Waals surface area contributed by atoms with Crippen LogP contribution in [0.3, 0.4) is 0 Å². The van der Waals surface area contributed by atoms with E-state index >= 15 is 0 Å². The third-order valence-corrected chi connectivity index (χ3v) is 2.77. The molecule has 4 heteroatoms. The fourth-order valence-electron chi connectivity index (χ4n) is 1.74. The molecule has 0 atom stereocenters. The van der Waals surface area contributed by atoms with E-state index in [0.29, 0.717) is 18.3 Å². The molecule has 2 fully saturated rings. The van der Waals surface area contributed by atoms with Gasteiger partial charge in [0.1, 0.15) is 0 Å². The maximum Gasteiger partial charge on any atom is 0.221 e. The van der Waals surface area contributed by atoms with Crippen LogP contribution < -0.4 is 5.32 Å². The zero-order chi connectivity index (χ0) is 9.97. The van der Waals surface area contributed by atoms with E-state index in [1.807, 2.05) is 4.90 Å². The molecule has 1 aliphatic heterocycles. The van der Waals surface area contributed by atoms with Crippen molar-refractivity contribution in [2.24, 2.45) is 0 Å². The molecule has 2 N–H and O–H groups in total. The third kappa shape index (κ3) is 2.47. The van der Waals surface area contributed by atoms with Gasteiger partial charge in [0.25, 0.3) is 0 Å². The van der Waals surface area contributed by atoms with Gasteiger partial charge in [-0.1, -0.05) is 0 Å². The minimum absolute atomic E-state index is 0.146. The fraction of sp³-hybridized carbons (Fsp3) is 0.800. The average molecular weight is 195 g/mol. The minimum Gasteiger partial charge on any atom is -0.360 e. The molecule has 1 saturated heterocycles. The Morgan fingerprint density at radius 3 is 2.93 bits per heavy atom. The van der Waals surface area contributed by atoms with E-state index in [-0.39, 0.29) is 5.91 Å². The highest BCUT2D eigenvalue weighted by Crippen LogP contribution is 2.18. The zero-order valence-corrected chi connectivity index (χ0v) is 8.38. The lowest BCUT2D eigenvalue weighted by Gasteiger charge is -2.16. The molecule has 0 unspecified atom stereocenters. The number of hydrogen-bond donors (Lipinski definition) is 2. The van der Waals surface area contributed by atoms with Gasteiger partial charge in [-0.2, -0.15) is 0 Å². The van der Waals surface area contributed by atoms with Gasteiger partial charge in [0.05, 0.1) is 5.84 Å². The van der Waals surface area contributed by atoms with Crippen LogP contribution in [-0.4, -0.2) is 35.8 Å². The molecule has 78 valence electrons. The summed E-state index contributed by atoms with van der Waals surface area (Å²) in [5.74, 6) is 0.844. The summed E-state index contributed by atoms with van der Waals surface area (Å²) < 4.78 is 0. The van der Waals surface area contributed by atoms with E-state index in [9.17, 15) is 4.79 Å². The summed E-state index contributed by atoms with van der Waals surface area (Å²) in [6.07, 6.45) is 4.78. The fourth-order valence-corrected chi connectivity index (χ4v) is 1.74. The van der Waals surface area contributed by atoms with E-state index in [0.717, 1.165) is 38.8 Å². The summed E-state index contributed by atoms with van der Waals surface area (Å²) in [7, 11) is 0. The number of nitrogens with one attached hydrogen (secondary N) is 2. The summed E-state index contributed by atoms with van der Waals surface area (Å²) in [5, 5.41) is 10.6. The van der Waals surface area contributed by atoms with Gasteiger partial charge in [0, 0.05) is 32.0 Å². The van der Waals surface area contributed by atoms with Crippen LogP contribution in [0, 0.1) is 5.41 Å². The van der Waals surface area contributed by atoms with E-state index < -0.39 is 0 Å². The number of carbonyl (C=O) groups excluding carboxylic acids is 1. The molecule has 1 saturated carbocycles. The molecule has 0 radical (unpaired) electrons. The zero-order valence-electron chi connectivity index (χ0n) is 8.38. The summed E-state index contributed by atoms with van der Waals surface area (Å²) in [4.78, 5) is 13.4. The normalized spacial score (nSPS) is 21.4. The molecule has 1 aliphatic carbocycles. The van der Waals surface area contributed by atoms with Crippen LogP contribution >= 0.6 is 0 Å². The van der Waals surface area contributed by atoms with Crippen LogP contribution in [0.5, 0.6) is 0 Å². The van der Waals surface area contributed by atoms with Crippen molar-refractivity contribution in [2.75, 3.05) is 13.1 Å². The van der Waals surface area contributed by atoms with Crippen LogP contribution in [0.2, 0.25) is 0 Å². The Morgan fingerprint density at radius 2 is 2.36 bits per heavy atom. The quantitative estimate of drug-likeness (QED) is 0.694. The Balaban J connectivity index is 1.65. The predicted octanol–water partition coefficient (Wildman–Crippen LogP) is 0.728. The molecule has 1 amide bonds. The van der Waals surface area contributed by atoms with E-state index in [4.69, 9.17) is 5.41 Å². The second-order valence-electron chi connectivity index (χ2n) is 4.13. The van der Waals surface area contributed by atoms with Gasteiger partial charge in [-0.3, -0.25) is 10.2 Å². The third-order valence-electron chi connectivity index (χ3n) is 2.77. The Morgan fingerprint density at radius 1 is 1.57 bits per heavy atom. The average Bonchev–Trinajstić information content (AvgIpc) is 2.86. The highest BCUT2D eigenvalue weighted by Gasteiger charge is 2.24. The lowest BCUT2D eigenvalue weighted by atomic mass is 10.3. The number of likely N-dealkylation sites (tertiary alicyclic amines) is 1. The number of hydrogen-bond acceptors (Lipinski definition) is 2. The number of nitrogens with zero attached hydrogens (tertiary/aromatic N) is 1. The maximum atomic E-state index is 11.3. The Kier molecular flexibility index (Phi) is 2.70. The smallest absolute Gasteiger partial charge is 0.221 e. The number of amides is 1. The Hall–Kier alpha value is -1.06. The van der Waals surface area contributed by atoms with Gasteiger partial charge in [0.15, 0.2) is 0 Å². The summed E-state index contributed by atoms with van der Waals surface area (Å²) in [6, 6.07) is 0.459. The molecule has 4 nitrogen and oxygen atoms in total. The van der Waals surface area contributed by atoms with E-state index in [1.165, 1.54) is 0 Å². The molecule has 1 heterocycles. The molecule has 0 spiro atoms. The van der Waals surface area contributed by atoms with Gasteiger partial charge < -0.3 is 10.2 Å². The number of rotatable bonds is 4. The second kappa shape index (κ2) is 3.98. The molecule has 0 aromatic rings. The van der Waals surface area contributed by atoms with Gasteiger partial charge in [-0.15, -0.1) is 0 Å². The van der Waals surface area contributed by atoms with Crippen LogP contribution in [-0.2, 0) is 4.79 Å². The minimum atomic E-state index is 0.146. The van der Waals surface area contributed by atoms with Crippen molar-refractivity contribution in [2.45, 2.75) is 38.1 Å². The highest BCUT2D eigenvalue weighted by molar-refractivity contribution is 5.82. The SMILES string of the molecule is N=C1CCCN1CCC(=O)NC1CC1. The lowest BCUT2D eigenvalue weighted by Crippen LogP contribution is -2.32. The van der Waals surface area contributed by atoms with Crippen LogP contribution in [0.1, 0.15) is 32.1 Å². The van der Waals surface area contributed by atoms with Crippen LogP contribution in [0.4, 0.5) is 0 Å². The molecule has 0 aromatic carbocycles. The first-order chi connectivity index (χ1) is 6.75. The largest absolute Gasteiger partial charge is 0.360 e. The monoisotopic (exact) mass is 195 g/mol. The molecule has 0 bridgehead atoms. The highest BCUT2D eigenvalue weighted by atomic mass is 16.1.